The number of carbonyl (C=O) groups excluding carboxylic acids is 1. The first-order chi connectivity index (χ1) is 10.8. The normalized spacial score (nSPS) is 11.7. The molecule has 1 heterocycles. The fraction of sp³-hybridized carbons (Fsp3) is 0.412. The lowest BCUT2D eigenvalue weighted by Crippen LogP contribution is -2.48. The minimum atomic E-state index is -0.103. The minimum absolute atomic E-state index is 0.0733. The number of nitrogens with one attached hydrogen (secondary N) is 1. The summed E-state index contributed by atoms with van der Waals surface area (Å²) in [7, 11) is 3.98. The average molecular weight is 336 g/mol. The van der Waals surface area contributed by atoms with E-state index in [1.807, 2.05) is 26.2 Å². The van der Waals surface area contributed by atoms with E-state index in [1.54, 1.807) is 18.2 Å². The molecule has 0 atom stereocenters. The Kier molecular flexibility index (Phi) is 5.44. The van der Waals surface area contributed by atoms with Crippen LogP contribution in [0.3, 0.4) is 0 Å². The molecular weight excluding hydrogens is 314 g/mol. The molecule has 2 aromatic rings. The van der Waals surface area contributed by atoms with E-state index in [9.17, 15) is 4.79 Å². The van der Waals surface area contributed by atoms with Crippen molar-refractivity contribution in [2.45, 2.75) is 25.8 Å². The monoisotopic (exact) mass is 335 g/mol. The summed E-state index contributed by atoms with van der Waals surface area (Å²) in [6.45, 7) is 4.71. The van der Waals surface area contributed by atoms with Crippen LogP contribution in [-0.4, -0.2) is 42.1 Å². The van der Waals surface area contributed by atoms with Crippen LogP contribution in [0.1, 0.15) is 19.5 Å². The van der Waals surface area contributed by atoms with E-state index >= 15 is 0 Å². The Labute approximate surface area is 141 Å². The number of halogens is 1. The molecule has 0 aliphatic carbocycles. The van der Waals surface area contributed by atoms with Crippen LogP contribution < -0.4 is 5.32 Å². The third-order valence-electron chi connectivity index (χ3n) is 3.96. The summed E-state index contributed by atoms with van der Waals surface area (Å²) in [6.07, 6.45) is 0.195. The summed E-state index contributed by atoms with van der Waals surface area (Å²) in [4.78, 5) is 14.1. The Morgan fingerprint density at radius 2 is 1.96 bits per heavy atom. The van der Waals surface area contributed by atoms with E-state index in [2.05, 4.69) is 29.2 Å². The number of amides is 1. The maximum Gasteiger partial charge on any atom is 0.226 e. The van der Waals surface area contributed by atoms with Crippen LogP contribution in [0.2, 0.25) is 5.02 Å². The SMILES string of the molecule is CN(C)C(C)(C)CNC(=O)Cc1cc(-c2ccc(Cl)cc2)on1. The summed E-state index contributed by atoms with van der Waals surface area (Å²) < 4.78 is 5.29. The number of carbonyl (C=O) groups is 1. The highest BCUT2D eigenvalue weighted by Crippen LogP contribution is 2.22. The Bertz CT molecular complexity index is 663. The zero-order valence-electron chi connectivity index (χ0n) is 13.9. The molecule has 6 heteroatoms. The molecule has 124 valence electrons. The molecule has 1 amide bonds. The summed E-state index contributed by atoms with van der Waals surface area (Å²) in [6, 6.07) is 9.06. The molecule has 0 saturated heterocycles. The van der Waals surface area contributed by atoms with Crippen LogP contribution in [-0.2, 0) is 11.2 Å². The first-order valence-corrected chi connectivity index (χ1v) is 7.81. The van der Waals surface area contributed by atoms with Gasteiger partial charge in [-0.3, -0.25) is 4.79 Å². The minimum Gasteiger partial charge on any atom is -0.356 e. The molecule has 0 aliphatic heterocycles. The van der Waals surface area contributed by atoms with Crippen LogP contribution in [0.25, 0.3) is 11.3 Å². The number of hydrogen-bond acceptors (Lipinski definition) is 4. The summed E-state index contributed by atoms with van der Waals surface area (Å²) in [5, 5.41) is 7.55. The number of benzene rings is 1. The van der Waals surface area contributed by atoms with E-state index in [4.69, 9.17) is 16.1 Å². The number of hydrogen-bond donors (Lipinski definition) is 1. The second-order valence-electron chi connectivity index (χ2n) is 6.35. The molecule has 0 unspecified atom stereocenters. The van der Waals surface area contributed by atoms with Crippen molar-refractivity contribution in [3.63, 3.8) is 0 Å². The highest BCUT2D eigenvalue weighted by Gasteiger charge is 2.21. The lowest BCUT2D eigenvalue weighted by Gasteiger charge is -2.32. The number of rotatable bonds is 6. The quantitative estimate of drug-likeness (QED) is 0.881. The Morgan fingerprint density at radius 3 is 2.57 bits per heavy atom. The second kappa shape index (κ2) is 7.15. The third kappa shape index (κ3) is 4.81. The van der Waals surface area contributed by atoms with E-state index < -0.39 is 0 Å². The molecule has 2 rings (SSSR count). The topological polar surface area (TPSA) is 58.4 Å². The van der Waals surface area contributed by atoms with Gasteiger partial charge in [0.1, 0.15) is 0 Å². The summed E-state index contributed by atoms with van der Waals surface area (Å²) in [5.74, 6) is 0.550. The van der Waals surface area contributed by atoms with E-state index in [0.717, 1.165) is 5.56 Å². The number of likely N-dealkylation sites (N-methyl/N-ethyl adjacent to an activating group) is 1. The predicted octanol–water partition coefficient (Wildman–Crippen LogP) is 2.99. The van der Waals surface area contributed by atoms with Crippen molar-refractivity contribution in [2.24, 2.45) is 0 Å². The fourth-order valence-electron chi connectivity index (χ4n) is 1.85. The van der Waals surface area contributed by atoms with Crippen LogP contribution in [0.5, 0.6) is 0 Å². The van der Waals surface area contributed by atoms with E-state index in [-0.39, 0.29) is 17.9 Å². The molecule has 5 nitrogen and oxygen atoms in total. The van der Waals surface area contributed by atoms with Gasteiger partial charge in [-0.1, -0.05) is 16.8 Å². The molecular formula is C17H22ClN3O2. The highest BCUT2D eigenvalue weighted by molar-refractivity contribution is 6.30. The molecule has 1 N–H and O–H groups in total. The van der Waals surface area contributed by atoms with Gasteiger partial charge in [-0.05, 0) is 52.2 Å². The van der Waals surface area contributed by atoms with Gasteiger partial charge in [0.2, 0.25) is 5.91 Å². The van der Waals surface area contributed by atoms with Crippen molar-refractivity contribution in [3.05, 3.63) is 41.0 Å². The first-order valence-electron chi connectivity index (χ1n) is 7.43. The molecule has 0 spiro atoms. The molecule has 1 aromatic carbocycles. The van der Waals surface area contributed by atoms with Gasteiger partial charge in [0, 0.05) is 28.7 Å². The Morgan fingerprint density at radius 1 is 1.30 bits per heavy atom. The predicted molar refractivity (Wildman–Crippen MR) is 91.4 cm³/mol. The van der Waals surface area contributed by atoms with E-state index in [1.165, 1.54) is 0 Å². The Hall–Kier alpha value is -1.85. The van der Waals surface area contributed by atoms with Crippen LogP contribution in [0, 0.1) is 0 Å². The Balaban J connectivity index is 1.94. The second-order valence-corrected chi connectivity index (χ2v) is 6.79. The van der Waals surface area contributed by atoms with Crippen molar-refractivity contribution >= 4 is 17.5 Å². The summed E-state index contributed by atoms with van der Waals surface area (Å²) in [5.41, 5.74) is 1.38. The van der Waals surface area contributed by atoms with Crippen LogP contribution >= 0.6 is 11.6 Å². The van der Waals surface area contributed by atoms with Crippen LogP contribution in [0.15, 0.2) is 34.9 Å². The van der Waals surface area contributed by atoms with Gasteiger partial charge in [-0.15, -0.1) is 0 Å². The van der Waals surface area contributed by atoms with Gasteiger partial charge in [-0.2, -0.15) is 0 Å². The average Bonchev–Trinajstić information content (AvgIpc) is 2.94. The summed E-state index contributed by atoms with van der Waals surface area (Å²) >= 11 is 5.86. The molecule has 0 saturated carbocycles. The van der Waals surface area contributed by atoms with Gasteiger partial charge in [0.05, 0.1) is 12.1 Å². The fourth-order valence-corrected chi connectivity index (χ4v) is 1.97. The van der Waals surface area contributed by atoms with Gasteiger partial charge in [-0.25, -0.2) is 0 Å². The largest absolute Gasteiger partial charge is 0.356 e. The van der Waals surface area contributed by atoms with Crippen LogP contribution in [0.4, 0.5) is 0 Å². The third-order valence-corrected chi connectivity index (χ3v) is 4.21. The first kappa shape index (κ1) is 17.5. The zero-order valence-corrected chi connectivity index (χ0v) is 14.6. The zero-order chi connectivity index (χ0) is 17.0. The van der Waals surface area contributed by atoms with Gasteiger partial charge in [0.15, 0.2) is 5.76 Å². The van der Waals surface area contributed by atoms with Crippen molar-refractivity contribution in [2.75, 3.05) is 20.6 Å². The molecule has 23 heavy (non-hydrogen) atoms. The number of nitrogens with zero attached hydrogens (tertiary/aromatic N) is 2. The lowest BCUT2D eigenvalue weighted by molar-refractivity contribution is -0.121. The van der Waals surface area contributed by atoms with Crippen molar-refractivity contribution in [1.82, 2.24) is 15.4 Å². The maximum absolute atomic E-state index is 12.0. The molecule has 0 fully saturated rings. The molecule has 0 radical (unpaired) electrons. The van der Waals surface area contributed by atoms with Crippen molar-refractivity contribution < 1.29 is 9.32 Å². The van der Waals surface area contributed by atoms with Gasteiger partial charge < -0.3 is 14.7 Å². The van der Waals surface area contributed by atoms with Crippen molar-refractivity contribution in [1.29, 1.82) is 0 Å². The smallest absolute Gasteiger partial charge is 0.226 e. The standard InChI is InChI=1S/C17H22ClN3O2/c1-17(2,21(3)4)11-19-16(22)10-14-9-15(23-20-14)12-5-7-13(18)8-6-12/h5-9H,10-11H2,1-4H3,(H,19,22). The number of aromatic nitrogens is 1. The van der Waals surface area contributed by atoms with Gasteiger partial charge >= 0.3 is 0 Å². The van der Waals surface area contributed by atoms with E-state index in [0.29, 0.717) is 23.0 Å². The molecule has 0 aliphatic rings. The maximum atomic E-state index is 12.0. The highest BCUT2D eigenvalue weighted by atomic mass is 35.5. The lowest BCUT2D eigenvalue weighted by atomic mass is 10.0. The van der Waals surface area contributed by atoms with Gasteiger partial charge in [0.25, 0.3) is 0 Å². The molecule has 0 bridgehead atoms. The van der Waals surface area contributed by atoms with Crippen molar-refractivity contribution in [3.8, 4) is 11.3 Å². The molecule has 1 aromatic heterocycles.